The third kappa shape index (κ3) is 36.8. The summed E-state index contributed by atoms with van der Waals surface area (Å²) in [5.41, 5.74) is 1.19. The molecule has 0 unspecified atom stereocenters. The molecule has 0 saturated carbocycles. The molecule has 1 aromatic rings. The van der Waals surface area contributed by atoms with Crippen LogP contribution in [0, 0.1) is 0 Å². The van der Waals surface area contributed by atoms with Gasteiger partial charge < -0.3 is 18.9 Å². The topological polar surface area (TPSA) is 74.3 Å². The molecule has 1 rings (SSSR count). The molecule has 0 aliphatic carbocycles. The van der Waals surface area contributed by atoms with Gasteiger partial charge in [-0.3, -0.25) is 14.5 Å². The lowest BCUT2D eigenvalue weighted by Crippen LogP contribution is -2.32. The molecule has 0 atom stereocenters. The first-order valence-corrected chi connectivity index (χ1v) is 24.4. The number of nitrogens with zero attached hydrogens (tertiary/aromatic N) is 1. The van der Waals surface area contributed by atoms with E-state index < -0.39 is 0 Å². The zero-order valence-corrected chi connectivity index (χ0v) is 37.7. The van der Waals surface area contributed by atoms with E-state index >= 15 is 0 Å². The Morgan fingerprint density at radius 3 is 1.54 bits per heavy atom. The summed E-state index contributed by atoms with van der Waals surface area (Å²) < 4.78 is 23.6. The highest BCUT2D eigenvalue weighted by atomic mass is 16.5. The van der Waals surface area contributed by atoms with Gasteiger partial charge in [-0.1, -0.05) is 173 Å². The predicted octanol–water partition coefficient (Wildman–Crippen LogP) is 13.7. The summed E-state index contributed by atoms with van der Waals surface area (Å²) in [6, 6.07) is 10.3. The maximum absolute atomic E-state index is 12.8. The molecule has 0 aliphatic rings. The van der Waals surface area contributed by atoms with E-state index in [4.69, 9.17) is 18.9 Å². The van der Waals surface area contributed by atoms with Crippen molar-refractivity contribution in [2.24, 2.45) is 0 Å². The summed E-state index contributed by atoms with van der Waals surface area (Å²) in [6.45, 7) is 12.6. The highest BCUT2D eigenvalue weighted by Gasteiger charge is 2.14. The second-order valence-electron chi connectivity index (χ2n) is 16.5. The van der Waals surface area contributed by atoms with Gasteiger partial charge in [0, 0.05) is 32.5 Å². The number of benzene rings is 1. The third-order valence-electron chi connectivity index (χ3n) is 11.1. The summed E-state index contributed by atoms with van der Waals surface area (Å²) in [5, 5.41) is 0. The SMILES string of the molecule is CCCCCCCCCCCOC(=O)CCCCCN(CCOCCCCC(=O)OC(CCCCCCCC)CCCCCCCC)CCOCc1ccccc1. The van der Waals surface area contributed by atoms with E-state index in [1.54, 1.807) is 0 Å². The number of ether oxygens (including phenoxy) is 4. The van der Waals surface area contributed by atoms with Crippen molar-refractivity contribution >= 4 is 11.9 Å². The number of hydrogen-bond donors (Lipinski definition) is 0. The van der Waals surface area contributed by atoms with Gasteiger partial charge in [-0.2, -0.15) is 0 Å². The molecule has 0 heterocycles. The Labute approximate surface area is 352 Å². The number of carbonyl (C=O) groups excluding carboxylic acids is 2. The number of carbonyl (C=O) groups is 2. The molecule has 0 bridgehead atoms. The van der Waals surface area contributed by atoms with Crippen LogP contribution in [0.1, 0.15) is 219 Å². The van der Waals surface area contributed by atoms with Crippen molar-refractivity contribution in [2.75, 3.05) is 46.1 Å². The third-order valence-corrected chi connectivity index (χ3v) is 11.1. The van der Waals surface area contributed by atoms with Gasteiger partial charge >= 0.3 is 11.9 Å². The van der Waals surface area contributed by atoms with Gasteiger partial charge in [0.05, 0.1) is 26.4 Å². The minimum atomic E-state index is -0.0523. The van der Waals surface area contributed by atoms with Gasteiger partial charge in [0.1, 0.15) is 6.10 Å². The fraction of sp³-hybridized carbons (Fsp3) is 0.840. The van der Waals surface area contributed by atoms with Crippen LogP contribution in [0.2, 0.25) is 0 Å². The predicted molar refractivity (Wildman–Crippen MR) is 240 cm³/mol. The van der Waals surface area contributed by atoms with Crippen LogP contribution in [-0.4, -0.2) is 69.0 Å². The second-order valence-corrected chi connectivity index (χ2v) is 16.5. The van der Waals surface area contributed by atoms with Crippen LogP contribution in [-0.2, 0) is 35.1 Å². The van der Waals surface area contributed by atoms with E-state index in [2.05, 4.69) is 37.8 Å². The smallest absolute Gasteiger partial charge is 0.306 e. The maximum Gasteiger partial charge on any atom is 0.306 e. The van der Waals surface area contributed by atoms with E-state index in [-0.39, 0.29) is 18.0 Å². The lowest BCUT2D eigenvalue weighted by molar-refractivity contribution is -0.150. The van der Waals surface area contributed by atoms with E-state index in [1.165, 1.54) is 115 Å². The number of unbranched alkanes of at least 4 members (excludes halogenated alkanes) is 21. The van der Waals surface area contributed by atoms with Gasteiger partial charge in [0.25, 0.3) is 0 Å². The van der Waals surface area contributed by atoms with Gasteiger partial charge in [-0.15, -0.1) is 0 Å². The van der Waals surface area contributed by atoms with Crippen molar-refractivity contribution in [3.63, 3.8) is 0 Å². The van der Waals surface area contributed by atoms with Gasteiger partial charge in [0.2, 0.25) is 0 Å². The fourth-order valence-electron chi connectivity index (χ4n) is 7.33. The Balaban J connectivity index is 2.30. The highest BCUT2D eigenvalue weighted by Crippen LogP contribution is 2.18. The Morgan fingerprint density at radius 2 is 0.947 bits per heavy atom. The number of esters is 2. The van der Waals surface area contributed by atoms with E-state index in [9.17, 15) is 9.59 Å². The second kappa shape index (κ2) is 42.2. The molecular weight excluding hydrogens is 711 g/mol. The molecule has 1 aromatic carbocycles. The van der Waals surface area contributed by atoms with E-state index in [1.807, 2.05) is 18.2 Å². The molecule has 332 valence electrons. The van der Waals surface area contributed by atoms with Crippen LogP contribution < -0.4 is 0 Å². The molecule has 0 N–H and O–H groups in total. The van der Waals surface area contributed by atoms with Crippen LogP contribution in [0.25, 0.3) is 0 Å². The van der Waals surface area contributed by atoms with Crippen LogP contribution in [0.3, 0.4) is 0 Å². The minimum absolute atomic E-state index is 0.0364. The zero-order chi connectivity index (χ0) is 41.1. The largest absolute Gasteiger partial charge is 0.466 e. The van der Waals surface area contributed by atoms with Crippen molar-refractivity contribution in [3.05, 3.63) is 35.9 Å². The summed E-state index contributed by atoms with van der Waals surface area (Å²) in [4.78, 5) is 27.5. The molecule has 57 heavy (non-hydrogen) atoms. The first kappa shape index (κ1) is 53.1. The van der Waals surface area contributed by atoms with Gasteiger partial charge in [-0.05, 0) is 69.9 Å². The maximum atomic E-state index is 12.8. The normalized spacial score (nSPS) is 11.5. The zero-order valence-electron chi connectivity index (χ0n) is 37.7. The van der Waals surface area contributed by atoms with Crippen molar-refractivity contribution in [2.45, 2.75) is 226 Å². The molecule has 0 fully saturated rings. The lowest BCUT2D eigenvalue weighted by atomic mass is 10.0. The van der Waals surface area contributed by atoms with Crippen LogP contribution in [0.15, 0.2) is 30.3 Å². The molecule has 0 saturated heterocycles. The molecule has 0 radical (unpaired) electrons. The average molecular weight is 802 g/mol. The highest BCUT2D eigenvalue weighted by molar-refractivity contribution is 5.69. The van der Waals surface area contributed by atoms with Crippen LogP contribution in [0.4, 0.5) is 0 Å². The van der Waals surface area contributed by atoms with Crippen molar-refractivity contribution in [1.29, 1.82) is 0 Å². The molecular formula is C50H91NO6. The Morgan fingerprint density at radius 1 is 0.474 bits per heavy atom. The molecule has 0 aromatic heterocycles. The Bertz CT molecular complexity index is 974. The Hall–Kier alpha value is -1.96. The molecule has 0 spiro atoms. The molecule has 0 amide bonds. The quantitative estimate of drug-likeness (QED) is 0.0480. The average Bonchev–Trinajstić information content (AvgIpc) is 3.22. The number of rotatable bonds is 44. The van der Waals surface area contributed by atoms with Gasteiger partial charge in [-0.25, -0.2) is 0 Å². The van der Waals surface area contributed by atoms with E-state index in [0.29, 0.717) is 45.9 Å². The first-order valence-electron chi connectivity index (χ1n) is 24.4. The summed E-state index contributed by atoms with van der Waals surface area (Å²) in [7, 11) is 0. The summed E-state index contributed by atoms with van der Waals surface area (Å²) >= 11 is 0. The lowest BCUT2D eigenvalue weighted by Gasteiger charge is -2.22. The monoisotopic (exact) mass is 802 g/mol. The first-order chi connectivity index (χ1) is 28.1. The standard InChI is InChI=1S/C50H91NO6/c1-4-7-10-13-16-17-18-21-31-43-56-49(52)37-28-23-30-39-51(41-45-55-46-47-33-24-22-25-34-47)40-44-54-42-32-29-38-50(53)57-48(35-26-19-14-11-8-5-2)36-27-20-15-12-9-6-3/h22,24-25,33-34,48H,4-21,23,26-32,35-46H2,1-3H3. The Kier molecular flexibility index (Phi) is 39.3. The molecule has 7 nitrogen and oxygen atoms in total. The van der Waals surface area contributed by atoms with Gasteiger partial charge in [0.15, 0.2) is 0 Å². The molecule has 7 heteroatoms. The van der Waals surface area contributed by atoms with Crippen molar-refractivity contribution in [3.8, 4) is 0 Å². The minimum Gasteiger partial charge on any atom is -0.466 e. The van der Waals surface area contributed by atoms with Crippen LogP contribution in [0.5, 0.6) is 0 Å². The van der Waals surface area contributed by atoms with E-state index in [0.717, 1.165) is 90.3 Å². The summed E-state index contributed by atoms with van der Waals surface area (Å²) in [5.74, 6) is -0.0887. The summed E-state index contributed by atoms with van der Waals surface area (Å²) in [6.07, 6.45) is 34.3. The number of hydrogen-bond acceptors (Lipinski definition) is 7. The molecule has 0 aliphatic heterocycles. The van der Waals surface area contributed by atoms with Crippen LogP contribution >= 0.6 is 0 Å². The van der Waals surface area contributed by atoms with Crippen molar-refractivity contribution < 1.29 is 28.5 Å². The fourth-order valence-corrected chi connectivity index (χ4v) is 7.33. The van der Waals surface area contributed by atoms with Crippen molar-refractivity contribution in [1.82, 2.24) is 4.90 Å².